The fourth-order valence-corrected chi connectivity index (χ4v) is 3.16. The van der Waals surface area contributed by atoms with Crippen LogP contribution in [-0.4, -0.2) is 21.4 Å². The Morgan fingerprint density at radius 3 is 2.62 bits per heavy atom. The molecule has 0 aliphatic heterocycles. The highest BCUT2D eigenvalue weighted by Crippen LogP contribution is 2.34. The van der Waals surface area contributed by atoms with E-state index in [-0.39, 0.29) is 5.91 Å². The van der Waals surface area contributed by atoms with Crippen molar-refractivity contribution in [1.29, 1.82) is 0 Å². The van der Waals surface area contributed by atoms with Crippen LogP contribution in [0.15, 0.2) is 18.3 Å². The van der Waals surface area contributed by atoms with Gasteiger partial charge in [0, 0.05) is 11.9 Å². The van der Waals surface area contributed by atoms with Crippen LogP contribution in [0, 0.1) is 12.8 Å². The van der Waals surface area contributed by atoms with Gasteiger partial charge in [-0.05, 0) is 50.7 Å². The Kier molecular flexibility index (Phi) is 4.93. The molecule has 1 amide bonds. The van der Waals surface area contributed by atoms with Crippen molar-refractivity contribution in [1.82, 2.24) is 10.3 Å². The lowest BCUT2D eigenvalue weighted by Gasteiger charge is -2.40. The minimum atomic E-state index is -0.539. The summed E-state index contributed by atoms with van der Waals surface area (Å²) in [6.45, 7) is 4.10. The fourth-order valence-electron chi connectivity index (χ4n) is 2.90. The smallest absolute Gasteiger partial charge is 0.253 e. The van der Waals surface area contributed by atoms with Crippen LogP contribution < -0.4 is 11.1 Å². The van der Waals surface area contributed by atoms with Crippen molar-refractivity contribution in [2.45, 2.75) is 51.5 Å². The third-order valence-corrected chi connectivity index (χ3v) is 4.92. The predicted octanol–water partition coefficient (Wildman–Crippen LogP) is 2.74. The summed E-state index contributed by atoms with van der Waals surface area (Å²) >= 11 is 5.24. The Morgan fingerprint density at radius 1 is 1.48 bits per heavy atom. The van der Waals surface area contributed by atoms with Gasteiger partial charge >= 0.3 is 0 Å². The molecule has 1 heterocycles. The van der Waals surface area contributed by atoms with Gasteiger partial charge in [-0.2, -0.15) is 0 Å². The normalized spacial score (nSPS) is 25.3. The van der Waals surface area contributed by atoms with Crippen molar-refractivity contribution in [2.75, 3.05) is 0 Å². The number of carbonyl (C=O) groups is 1. The number of hydrogen-bond donors (Lipinski definition) is 2. The van der Waals surface area contributed by atoms with Crippen LogP contribution in [0.5, 0.6) is 0 Å². The first kappa shape index (κ1) is 15.9. The van der Waals surface area contributed by atoms with Crippen LogP contribution in [0.4, 0.5) is 0 Å². The van der Waals surface area contributed by atoms with E-state index in [4.69, 9.17) is 18.0 Å². The van der Waals surface area contributed by atoms with E-state index >= 15 is 0 Å². The number of aryl methyl sites for hydroxylation is 1. The van der Waals surface area contributed by atoms with Crippen LogP contribution in [0.3, 0.4) is 0 Å². The first-order valence-electron chi connectivity index (χ1n) is 7.52. The summed E-state index contributed by atoms with van der Waals surface area (Å²) in [5, 5.41) is 3.07. The number of pyridine rings is 1. The second-order valence-electron chi connectivity index (χ2n) is 5.94. The zero-order valence-corrected chi connectivity index (χ0v) is 13.5. The summed E-state index contributed by atoms with van der Waals surface area (Å²) in [6, 6.07) is 3.61. The van der Waals surface area contributed by atoms with Gasteiger partial charge in [-0.25, -0.2) is 0 Å². The van der Waals surface area contributed by atoms with E-state index in [2.05, 4.69) is 17.2 Å². The molecule has 1 aliphatic rings. The molecule has 114 valence electrons. The van der Waals surface area contributed by atoms with Crippen molar-refractivity contribution in [3.8, 4) is 0 Å². The zero-order chi connectivity index (χ0) is 15.5. The van der Waals surface area contributed by atoms with Gasteiger partial charge in [0.2, 0.25) is 0 Å². The average Bonchev–Trinajstić information content (AvgIpc) is 2.48. The Morgan fingerprint density at radius 2 is 2.14 bits per heavy atom. The number of nitrogens with zero attached hydrogens (tertiary/aromatic N) is 1. The molecular formula is C16H23N3OS. The van der Waals surface area contributed by atoms with Gasteiger partial charge in [0.25, 0.3) is 5.91 Å². The van der Waals surface area contributed by atoms with Gasteiger partial charge in [0.05, 0.1) is 16.1 Å². The topological polar surface area (TPSA) is 68.0 Å². The standard InChI is InChI=1S/C16H23N3OS/c1-3-12-6-8-16(9-7-12,15(17)21)19-14(20)13-5-4-11(2)18-10-13/h4-5,10,12H,3,6-9H2,1-2H3,(H2,17,21)(H,19,20). The summed E-state index contributed by atoms with van der Waals surface area (Å²) < 4.78 is 0. The Balaban J connectivity index is 2.12. The Hall–Kier alpha value is -1.49. The average molecular weight is 305 g/mol. The maximum atomic E-state index is 12.4. The third-order valence-electron chi connectivity index (χ3n) is 4.53. The van der Waals surface area contributed by atoms with Crippen molar-refractivity contribution in [3.63, 3.8) is 0 Å². The molecule has 5 heteroatoms. The minimum Gasteiger partial charge on any atom is -0.391 e. The molecule has 0 saturated heterocycles. The van der Waals surface area contributed by atoms with Crippen molar-refractivity contribution in [2.24, 2.45) is 11.7 Å². The summed E-state index contributed by atoms with van der Waals surface area (Å²) in [6.07, 6.45) is 6.52. The molecule has 0 radical (unpaired) electrons. The fraction of sp³-hybridized carbons (Fsp3) is 0.562. The molecule has 1 fully saturated rings. The van der Waals surface area contributed by atoms with Crippen LogP contribution in [0.1, 0.15) is 55.1 Å². The number of nitrogens with two attached hydrogens (primary N) is 1. The van der Waals surface area contributed by atoms with Crippen LogP contribution in [0.25, 0.3) is 0 Å². The van der Waals surface area contributed by atoms with Gasteiger partial charge in [-0.3, -0.25) is 9.78 Å². The van der Waals surface area contributed by atoms with Crippen molar-refractivity contribution < 1.29 is 4.79 Å². The van der Waals surface area contributed by atoms with Crippen LogP contribution in [-0.2, 0) is 0 Å². The summed E-state index contributed by atoms with van der Waals surface area (Å²) in [7, 11) is 0. The lowest BCUT2D eigenvalue weighted by molar-refractivity contribution is 0.0898. The first-order chi connectivity index (χ1) is 9.97. The molecule has 0 spiro atoms. The maximum Gasteiger partial charge on any atom is 0.253 e. The predicted molar refractivity (Wildman–Crippen MR) is 88.2 cm³/mol. The number of nitrogens with one attached hydrogen (secondary N) is 1. The second-order valence-corrected chi connectivity index (χ2v) is 6.38. The lowest BCUT2D eigenvalue weighted by Crippen LogP contribution is -2.58. The molecule has 0 unspecified atom stereocenters. The first-order valence-corrected chi connectivity index (χ1v) is 7.93. The highest BCUT2D eigenvalue weighted by molar-refractivity contribution is 7.80. The van der Waals surface area contributed by atoms with Gasteiger partial charge in [0.1, 0.15) is 0 Å². The van der Waals surface area contributed by atoms with E-state index in [0.29, 0.717) is 16.5 Å². The summed E-state index contributed by atoms with van der Waals surface area (Å²) in [5.41, 5.74) is 6.84. The second kappa shape index (κ2) is 6.52. The van der Waals surface area contributed by atoms with E-state index in [1.54, 1.807) is 12.3 Å². The maximum absolute atomic E-state index is 12.4. The zero-order valence-electron chi connectivity index (χ0n) is 12.7. The Labute approximate surface area is 131 Å². The SMILES string of the molecule is CCC1CCC(NC(=O)c2ccc(C)nc2)(C(N)=S)CC1. The molecule has 1 saturated carbocycles. The monoisotopic (exact) mass is 305 g/mol. The molecule has 0 atom stereocenters. The molecule has 1 aromatic heterocycles. The van der Waals surface area contributed by atoms with E-state index in [1.807, 2.05) is 13.0 Å². The summed E-state index contributed by atoms with van der Waals surface area (Å²) in [4.78, 5) is 17.0. The number of carbonyl (C=O) groups excluding carboxylic acids is 1. The highest BCUT2D eigenvalue weighted by atomic mass is 32.1. The molecule has 4 nitrogen and oxygen atoms in total. The molecule has 0 aromatic carbocycles. The van der Waals surface area contributed by atoms with E-state index < -0.39 is 5.54 Å². The Bertz CT molecular complexity index is 519. The quantitative estimate of drug-likeness (QED) is 0.839. The van der Waals surface area contributed by atoms with Crippen LogP contribution >= 0.6 is 12.2 Å². The van der Waals surface area contributed by atoms with Gasteiger partial charge < -0.3 is 11.1 Å². The van der Waals surface area contributed by atoms with Gasteiger partial charge in [0.15, 0.2) is 0 Å². The number of rotatable bonds is 4. The molecule has 21 heavy (non-hydrogen) atoms. The molecule has 2 rings (SSSR count). The number of thiocarbonyl (C=S) groups is 1. The van der Waals surface area contributed by atoms with Gasteiger partial charge in [-0.15, -0.1) is 0 Å². The van der Waals surface area contributed by atoms with E-state index in [9.17, 15) is 4.79 Å². The largest absolute Gasteiger partial charge is 0.391 e. The number of amides is 1. The molecule has 1 aromatic rings. The molecule has 1 aliphatic carbocycles. The molecular weight excluding hydrogens is 282 g/mol. The number of hydrogen-bond acceptors (Lipinski definition) is 3. The van der Waals surface area contributed by atoms with Crippen molar-refractivity contribution >= 4 is 23.1 Å². The third kappa shape index (κ3) is 3.59. The van der Waals surface area contributed by atoms with E-state index in [1.165, 1.54) is 6.42 Å². The lowest BCUT2D eigenvalue weighted by atomic mass is 9.75. The summed E-state index contributed by atoms with van der Waals surface area (Å²) in [5.74, 6) is 0.565. The minimum absolute atomic E-state index is 0.148. The highest BCUT2D eigenvalue weighted by Gasteiger charge is 2.39. The van der Waals surface area contributed by atoms with Crippen LogP contribution in [0.2, 0.25) is 0 Å². The molecule has 0 bridgehead atoms. The molecule has 3 N–H and O–H groups in total. The van der Waals surface area contributed by atoms with Gasteiger partial charge in [-0.1, -0.05) is 25.6 Å². The number of aromatic nitrogens is 1. The van der Waals surface area contributed by atoms with Crippen molar-refractivity contribution in [3.05, 3.63) is 29.6 Å². The van der Waals surface area contributed by atoms with E-state index in [0.717, 1.165) is 31.4 Å².